The van der Waals surface area contributed by atoms with E-state index in [0.29, 0.717) is 18.4 Å². The molecule has 1 N–H and O–H groups in total. The highest BCUT2D eigenvalue weighted by Gasteiger charge is 2.30. The summed E-state index contributed by atoms with van der Waals surface area (Å²) in [5.41, 5.74) is 1.15. The number of hydrogen-bond acceptors (Lipinski definition) is 3. The van der Waals surface area contributed by atoms with E-state index in [1.54, 1.807) is 0 Å². The molecule has 0 aromatic heterocycles. The van der Waals surface area contributed by atoms with Gasteiger partial charge in [0.2, 0.25) is 11.8 Å². The Bertz CT molecular complexity index is 633. The molecule has 5 heteroatoms. The summed E-state index contributed by atoms with van der Waals surface area (Å²) in [5, 5.41) is 3.21. The minimum atomic E-state index is 0.0342. The topological polar surface area (TPSA) is 52.7 Å². The van der Waals surface area contributed by atoms with Crippen LogP contribution in [0.25, 0.3) is 0 Å². The molecule has 5 nitrogen and oxygen atoms in total. The molecule has 0 aliphatic carbocycles. The number of amides is 2. The Kier molecular flexibility index (Phi) is 7.49. The summed E-state index contributed by atoms with van der Waals surface area (Å²) in [6, 6.07) is 10.2. The maximum atomic E-state index is 12.7. The van der Waals surface area contributed by atoms with Crippen LogP contribution in [0.15, 0.2) is 30.3 Å². The monoisotopic (exact) mass is 385 g/mol. The van der Waals surface area contributed by atoms with Crippen molar-refractivity contribution in [2.45, 2.75) is 52.0 Å². The third-order valence-electron chi connectivity index (χ3n) is 6.11. The minimum absolute atomic E-state index is 0.0342. The van der Waals surface area contributed by atoms with Gasteiger partial charge >= 0.3 is 0 Å². The fourth-order valence-corrected chi connectivity index (χ4v) is 4.43. The van der Waals surface area contributed by atoms with Gasteiger partial charge in [-0.25, -0.2) is 0 Å². The van der Waals surface area contributed by atoms with Crippen molar-refractivity contribution in [2.24, 2.45) is 11.8 Å². The molecule has 154 valence electrons. The van der Waals surface area contributed by atoms with E-state index in [-0.39, 0.29) is 17.9 Å². The van der Waals surface area contributed by atoms with Crippen molar-refractivity contribution in [2.75, 3.05) is 32.7 Å². The van der Waals surface area contributed by atoms with Crippen LogP contribution in [0.5, 0.6) is 0 Å². The largest absolute Gasteiger partial charge is 0.348 e. The van der Waals surface area contributed by atoms with Gasteiger partial charge in [0.1, 0.15) is 0 Å². The molecule has 3 rings (SSSR count). The molecule has 0 bridgehead atoms. The van der Waals surface area contributed by atoms with Crippen LogP contribution in [0.4, 0.5) is 0 Å². The lowest BCUT2D eigenvalue weighted by Crippen LogP contribution is -2.47. The zero-order valence-corrected chi connectivity index (χ0v) is 17.4. The number of rotatable bonds is 6. The lowest BCUT2D eigenvalue weighted by Gasteiger charge is -2.35. The van der Waals surface area contributed by atoms with E-state index in [4.69, 9.17) is 0 Å². The molecule has 1 aromatic carbocycles. The number of carbonyl (C=O) groups is 2. The molecule has 0 spiro atoms. The van der Waals surface area contributed by atoms with Crippen molar-refractivity contribution in [3.8, 4) is 0 Å². The second-order valence-corrected chi connectivity index (χ2v) is 8.64. The highest BCUT2D eigenvalue weighted by molar-refractivity contribution is 5.80. The van der Waals surface area contributed by atoms with Crippen LogP contribution in [0.1, 0.15) is 57.6 Å². The average molecular weight is 386 g/mol. The molecule has 0 saturated carbocycles. The molecule has 1 atom stereocenters. The summed E-state index contributed by atoms with van der Waals surface area (Å²) in [5.74, 6) is 0.889. The maximum absolute atomic E-state index is 12.7. The molecule has 1 aromatic rings. The smallest absolute Gasteiger partial charge is 0.234 e. The van der Waals surface area contributed by atoms with E-state index in [9.17, 15) is 9.59 Å². The fourth-order valence-electron chi connectivity index (χ4n) is 4.43. The maximum Gasteiger partial charge on any atom is 0.234 e. The van der Waals surface area contributed by atoms with Crippen LogP contribution >= 0.6 is 0 Å². The van der Waals surface area contributed by atoms with Crippen molar-refractivity contribution < 1.29 is 9.59 Å². The van der Waals surface area contributed by atoms with Crippen LogP contribution in [-0.4, -0.2) is 54.3 Å². The number of hydrogen-bond donors (Lipinski definition) is 1. The normalized spacial score (nSPS) is 20.2. The summed E-state index contributed by atoms with van der Waals surface area (Å²) < 4.78 is 0. The third kappa shape index (κ3) is 5.57. The molecular formula is C23H35N3O2. The number of likely N-dealkylation sites (tertiary alicyclic amines) is 2. The van der Waals surface area contributed by atoms with Crippen LogP contribution in [0, 0.1) is 11.8 Å². The van der Waals surface area contributed by atoms with Crippen molar-refractivity contribution in [1.82, 2.24) is 15.1 Å². The van der Waals surface area contributed by atoms with Crippen LogP contribution in [0.3, 0.4) is 0 Å². The highest BCUT2D eigenvalue weighted by atomic mass is 16.2. The van der Waals surface area contributed by atoms with Gasteiger partial charge in [-0.3, -0.25) is 14.5 Å². The number of nitrogens with one attached hydrogen (secondary N) is 1. The lowest BCUT2D eigenvalue weighted by atomic mass is 9.94. The summed E-state index contributed by atoms with van der Waals surface area (Å²) in [4.78, 5) is 29.6. The van der Waals surface area contributed by atoms with Crippen molar-refractivity contribution >= 4 is 11.8 Å². The Morgan fingerprint density at radius 2 is 1.64 bits per heavy atom. The van der Waals surface area contributed by atoms with Gasteiger partial charge in [0, 0.05) is 19.0 Å². The zero-order valence-electron chi connectivity index (χ0n) is 17.4. The first-order chi connectivity index (χ1) is 13.5. The molecule has 1 unspecified atom stereocenters. The Morgan fingerprint density at radius 3 is 2.25 bits per heavy atom. The van der Waals surface area contributed by atoms with E-state index in [0.717, 1.165) is 57.4 Å². The molecule has 2 heterocycles. The molecular weight excluding hydrogens is 350 g/mol. The number of nitrogens with zero attached hydrogens (tertiary/aromatic N) is 2. The molecule has 2 amide bonds. The molecule has 2 saturated heterocycles. The molecule has 28 heavy (non-hydrogen) atoms. The van der Waals surface area contributed by atoms with E-state index in [2.05, 4.69) is 41.1 Å². The molecule has 2 aliphatic heterocycles. The quantitative estimate of drug-likeness (QED) is 0.818. The van der Waals surface area contributed by atoms with Crippen LogP contribution in [-0.2, 0) is 9.59 Å². The third-order valence-corrected chi connectivity index (χ3v) is 6.11. The van der Waals surface area contributed by atoms with E-state index >= 15 is 0 Å². The van der Waals surface area contributed by atoms with Gasteiger partial charge in [0.25, 0.3) is 0 Å². The van der Waals surface area contributed by atoms with Crippen molar-refractivity contribution in [1.29, 1.82) is 0 Å². The highest BCUT2D eigenvalue weighted by Crippen LogP contribution is 2.23. The lowest BCUT2D eigenvalue weighted by molar-refractivity contribution is -0.138. The number of carbonyl (C=O) groups excluding carboxylic acids is 2. The average Bonchev–Trinajstić information content (AvgIpc) is 2.73. The molecule has 0 radical (unpaired) electrons. The second kappa shape index (κ2) is 10.1. The first kappa shape index (κ1) is 20.8. The molecule has 2 fully saturated rings. The van der Waals surface area contributed by atoms with Gasteiger partial charge < -0.3 is 10.2 Å². The fraction of sp³-hybridized carbons (Fsp3) is 0.652. The summed E-state index contributed by atoms with van der Waals surface area (Å²) in [6.07, 6.45) is 5.27. The first-order valence-electron chi connectivity index (χ1n) is 10.9. The summed E-state index contributed by atoms with van der Waals surface area (Å²) in [6.45, 7) is 8.20. The standard InChI is InChI=1S/C23H35N3O2/c1-18(2)22(19-9-5-3-6-10-19)24-21(27)17-25-15-11-20(12-16-25)23(28)26-13-7-4-8-14-26/h3,5-6,9-10,18,20,22H,4,7-8,11-17H2,1-2H3,(H,24,27). The Hall–Kier alpha value is -1.88. The van der Waals surface area contributed by atoms with Gasteiger partial charge in [0.05, 0.1) is 12.6 Å². The SMILES string of the molecule is CC(C)C(NC(=O)CN1CCC(C(=O)N2CCCCC2)CC1)c1ccccc1. The van der Waals surface area contributed by atoms with Gasteiger partial charge in [-0.1, -0.05) is 44.2 Å². The zero-order chi connectivity index (χ0) is 19.9. The van der Waals surface area contributed by atoms with Gasteiger partial charge in [-0.15, -0.1) is 0 Å². The van der Waals surface area contributed by atoms with Crippen LogP contribution in [0.2, 0.25) is 0 Å². The Labute approximate surface area is 169 Å². The van der Waals surface area contributed by atoms with E-state index in [1.807, 2.05) is 18.2 Å². The minimum Gasteiger partial charge on any atom is -0.348 e. The Morgan fingerprint density at radius 1 is 1.00 bits per heavy atom. The summed E-state index contributed by atoms with van der Waals surface area (Å²) in [7, 11) is 0. The molecule has 2 aliphatic rings. The predicted octanol–water partition coefficient (Wildman–Crippen LogP) is 3.22. The van der Waals surface area contributed by atoms with Crippen molar-refractivity contribution in [3.63, 3.8) is 0 Å². The van der Waals surface area contributed by atoms with Crippen LogP contribution < -0.4 is 5.32 Å². The predicted molar refractivity (Wildman–Crippen MR) is 112 cm³/mol. The summed E-state index contributed by atoms with van der Waals surface area (Å²) >= 11 is 0. The van der Waals surface area contributed by atoms with Crippen molar-refractivity contribution in [3.05, 3.63) is 35.9 Å². The number of benzene rings is 1. The van der Waals surface area contributed by atoms with Gasteiger partial charge in [0.15, 0.2) is 0 Å². The Balaban J connectivity index is 1.46. The van der Waals surface area contributed by atoms with Gasteiger partial charge in [-0.05, 0) is 56.7 Å². The number of piperidine rings is 2. The first-order valence-corrected chi connectivity index (χ1v) is 10.9. The second-order valence-electron chi connectivity index (χ2n) is 8.64. The van der Waals surface area contributed by atoms with E-state index in [1.165, 1.54) is 6.42 Å². The van der Waals surface area contributed by atoms with Gasteiger partial charge in [-0.2, -0.15) is 0 Å². The van der Waals surface area contributed by atoms with E-state index < -0.39 is 0 Å².